The first-order valence-electron chi connectivity index (χ1n) is 9.37. The Morgan fingerprint density at radius 1 is 1.33 bits per heavy atom. The Morgan fingerprint density at radius 3 is 2.89 bits per heavy atom. The highest BCUT2D eigenvalue weighted by atomic mass is 16.5. The Morgan fingerprint density at radius 2 is 2.15 bits per heavy atom. The van der Waals surface area contributed by atoms with Gasteiger partial charge in [0.25, 0.3) is 0 Å². The van der Waals surface area contributed by atoms with Crippen molar-refractivity contribution < 1.29 is 10.0 Å². The Labute approximate surface area is 159 Å². The summed E-state index contributed by atoms with van der Waals surface area (Å²) in [5.41, 5.74) is 9.72. The lowest BCUT2D eigenvalue weighted by molar-refractivity contribution is -0.0395. The molecule has 2 amide bonds. The zero-order valence-electron chi connectivity index (χ0n) is 15.9. The number of rotatable bonds is 6. The van der Waals surface area contributed by atoms with Crippen molar-refractivity contribution >= 4 is 11.8 Å². The number of anilines is 1. The molecule has 144 valence electrons. The molecule has 0 saturated heterocycles. The predicted molar refractivity (Wildman–Crippen MR) is 104 cm³/mol. The van der Waals surface area contributed by atoms with Crippen LogP contribution in [0.1, 0.15) is 47.7 Å². The highest BCUT2D eigenvalue weighted by Gasteiger charge is 2.28. The maximum absolute atomic E-state index is 11.1. The van der Waals surface area contributed by atoms with Gasteiger partial charge in [-0.05, 0) is 62.3 Å². The van der Waals surface area contributed by atoms with E-state index in [2.05, 4.69) is 33.9 Å². The molecule has 1 atom stereocenters. The first-order chi connectivity index (χ1) is 13.0. The third-order valence-electron chi connectivity index (χ3n) is 5.02. The standard InChI is InChI=1S/C20H27N5O2/c1-14-12-15(2)19(23-13-14)24(10-5-11-25(27)20(21)26)17-8-3-6-16-7-4-9-22-18(16)17/h4,7,9,12-13,17,27H,3,5-6,8,10-11H2,1-2H3,(H2,21,26). The molecule has 1 unspecified atom stereocenters. The summed E-state index contributed by atoms with van der Waals surface area (Å²) in [5, 5.41) is 10.1. The number of urea groups is 1. The molecule has 2 aromatic rings. The second-order valence-electron chi connectivity index (χ2n) is 7.12. The minimum Gasteiger partial charge on any atom is -0.350 e. The molecular weight excluding hydrogens is 342 g/mol. The monoisotopic (exact) mass is 369 g/mol. The van der Waals surface area contributed by atoms with Crippen molar-refractivity contribution in [1.82, 2.24) is 15.0 Å². The number of hydrogen-bond acceptors (Lipinski definition) is 5. The van der Waals surface area contributed by atoms with Gasteiger partial charge in [0.1, 0.15) is 5.82 Å². The number of nitrogens with zero attached hydrogens (tertiary/aromatic N) is 4. The molecule has 0 bridgehead atoms. The van der Waals surface area contributed by atoms with Gasteiger partial charge in [0.15, 0.2) is 0 Å². The largest absolute Gasteiger partial charge is 0.350 e. The van der Waals surface area contributed by atoms with E-state index in [1.807, 2.05) is 25.4 Å². The van der Waals surface area contributed by atoms with Crippen molar-refractivity contribution in [3.63, 3.8) is 0 Å². The summed E-state index contributed by atoms with van der Waals surface area (Å²) in [4.78, 5) is 22.7. The van der Waals surface area contributed by atoms with Crippen LogP contribution in [0, 0.1) is 13.8 Å². The number of hydrogen-bond donors (Lipinski definition) is 2. The summed E-state index contributed by atoms with van der Waals surface area (Å²) in [6.45, 7) is 4.91. The van der Waals surface area contributed by atoms with E-state index in [9.17, 15) is 10.0 Å². The number of carbonyl (C=O) groups is 1. The molecule has 0 spiro atoms. The maximum Gasteiger partial charge on any atom is 0.338 e. The molecular formula is C20H27N5O2. The third kappa shape index (κ3) is 4.36. The molecule has 0 aliphatic heterocycles. The van der Waals surface area contributed by atoms with Crippen molar-refractivity contribution in [2.24, 2.45) is 5.73 Å². The van der Waals surface area contributed by atoms with Crippen LogP contribution in [0.2, 0.25) is 0 Å². The second kappa shape index (κ2) is 8.35. The Kier molecular flexibility index (Phi) is 5.91. The van der Waals surface area contributed by atoms with E-state index in [0.29, 0.717) is 18.0 Å². The molecule has 0 saturated carbocycles. The normalized spacial score (nSPS) is 15.9. The molecule has 0 radical (unpaired) electrons. The highest BCUT2D eigenvalue weighted by Crippen LogP contribution is 2.36. The fourth-order valence-electron chi connectivity index (χ4n) is 3.81. The fourth-order valence-corrected chi connectivity index (χ4v) is 3.81. The van der Waals surface area contributed by atoms with Gasteiger partial charge in [-0.1, -0.05) is 12.1 Å². The smallest absolute Gasteiger partial charge is 0.338 e. The lowest BCUT2D eigenvalue weighted by atomic mass is 9.90. The van der Waals surface area contributed by atoms with E-state index < -0.39 is 6.03 Å². The van der Waals surface area contributed by atoms with Gasteiger partial charge >= 0.3 is 6.03 Å². The van der Waals surface area contributed by atoms with Crippen molar-refractivity contribution in [2.45, 2.75) is 45.6 Å². The van der Waals surface area contributed by atoms with Crippen LogP contribution in [0.3, 0.4) is 0 Å². The highest BCUT2D eigenvalue weighted by molar-refractivity contribution is 5.70. The average Bonchev–Trinajstić information content (AvgIpc) is 2.65. The fraction of sp³-hybridized carbons (Fsp3) is 0.450. The lowest BCUT2D eigenvalue weighted by Crippen LogP contribution is -2.38. The van der Waals surface area contributed by atoms with Gasteiger partial charge in [0.2, 0.25) is 0 Å². The van der Waals surface area contributed by atoms with Crippen molar-refractivity contribution in [1.29, 1.82) is 0 Å². The molecule has 2 aromatic heterocycles. The van der Waals surface area contributed by atoms with E-state index in [0.717, 1.165) is 41.9 Å². The maximum atomic E-state index is 11.1. The first-order valence-corrected chi connectivity index (χ1v) is 9.37. The summed E-state index contributed by atoms with van der Waals surface area (Å²) in [7, 11) is 0. The van der Waals surface area contributed by atoms with Crippen LogP contribution in [-0.4, -0.2) is 39.4 Å². The molecule has 1 aliphatic carbocycles. The molecule has 7 nitrogen and oxygen atoms in total. The molecule has 1 aliphatic rings. The van der Waals surface area contributed by atoms with Crippen LogP contribution in [0.4, 0.5) is 10.6 Å². The molecule has 0 fully saturated rings. The van der Waals surface area contributed by atoms with Gasteiger partial charge < -0.3 is 10.6 Å². The van der Waals surface area contributed by atoms with Crippen LogP contribution >= 0.6 is 0 Å². The van der Waals surface area contributed by atoms with Gasteiger partial charge in [-0.2, -0.15) is 0 Å². The van der Waals surface area contributed by atoms with Gasteiger partial charge in [-0.25, -0.2) is 14.8 Å². The van der Waals surface area contributed by atoms with Gasteiger partial charge in [0, 0.05) is 18.9 Å². The summed E-state index contributed by atoms with van der Waals surface area (Å²) in [5.74, 6) is 0.924. The second-order valence-corrected chi connectivity index (χ2v) is 7.12. The number of fused-ring (bicyclic) bond motifs is 1. The minimum absolute atomic E-state index is 0.129. The van der Waals surface area contributed by atoms with Crippen LogP contribution in [-0.2, 0) is 6.42 Å². The Hall–Kier alpha value is -2.67. The first kappa shape index (κ1) is 19.1. The SMILES string of the molecule is Cc1cnc(N(CCCN(O)C(N)=O)C2CCCc3cccnc32)c(C)c1. The molecule has 3 N–H and O–H groups in total. The zero-order chi connectivity index (χ0) is 19.4. The summed E-state index contributed by atoms with van der Waals surface area (Å²) in [6, 6.07) is 5.54. The van der Waals surface area contributed by atoms with E-state index in [1.165, 1.54) is 5.56 Å². The van der Waals surface area contributed by atoms with Crippen molar-refractivity contribution in [3.8, 4) is 0 Å². The number of nitrogens with two attached hydrogens (primary N) is 1. The van der Waals surface area contributed by atoms with Crippen LogP contribution < -0.4 is 10.6 Å². The number of aryl methyl sites for hydroxylation is 3. The lowest BCUT2D eigenvalue weighted by Gasteiger charge is -2.37. The molecule has 3 rings (SSSR count). The van der Waals surface area contributed by atoms with Gasteiger partial charge in [-0.15, -0.1) is 0 Å². The van der Waals surface area contributed by atoms with E-state index in [1.54, 1.807) is 0 Å². The van der Waals surface area contributed by atoms with Crippen molar-refractivity contribution in [3.05, 3.63) is 53.0 Å². The van der Waals surface area contributed by atoms with E-state index in [-0.39, 0.29) is 12.6 Å². The van der Waals surface area contributed by atoms with Crippen LogP contribution in [0.15, 0.2) is 30.6 Å². The molecule has 7 heteroatoms. The average molecular weight is 369 g/mol. The number of amides is 2. The number of pyridine rings is 2. The van der Waals surface area contributed by atoms with Crippen molar-refractivity contribution in [2.75, 3.05) is 18.0 Å². The van der Waals surface area contributed by atoms with E-state index in [4.69, 9.17) is 5.73 Å². The Balaban J connectivity index is 1.89. The minimum atomic E-state index is -0.837. The van der Waals surface area contributed by atoms with Crippen LogP contribution in [0.25, 0.3) is 0 Å². The summed E-state index contributed by atoms with van der Waals surface area (Å²) >= 11 is 0. The quantitative estimate of drug-likeness (QED) is 0.602. The number of carbonyl (C=O) groups excluding carboxylic acids is 1. The van der Waals surface area contributed by atoms with E-state index >= 15 is 0 Å². The predicted octanol–water partition coefficient (Wildman–Crippen LogP) is 3.14. The molecule has 2 heterocycles. The number of aromatic nitrogens is 2. The summed E-state index contributed by atoms with van der Waals surface area (Å²) < 4.78 is 0. The topological polar surface area (TPSA) is 95.6 Å². The number of hydroxylamine groups is 2. The van der Waals surface area contributed by atoms with Gasteiger partial charge in [-0.3, -0.25) is 10.2 Å². The third-order valence-corrected chi connectivity index (χ3v) is 5.02. The summed E-state index contributed by atoms with van der Waals surface area (Å²) in [6.07, 6.45) is 7.43. The molecule has 0 aromatic carbocycles. The number of primary amides is 1. The van der Waals surface area contributed by atoms with Crippen LogP contribution in [0.5, 0.6) is 0 Å². The van der Waals surface area contributed by atoms with Gasteiger partial charge in [0.05, 0.1) is 18.3 Å². The Bertz CT molecular complexity index is 811. The zero-order valence-corrected chi connectivity index (χ0v) is 15.9. The molecule has 27 heavy (non-hydrogen) atoms.